The van der Waals surface area contributed by atoms with Crippen LogP contribution in [0.2, 0.25) is 0 Å². The third-order valence-electron chi connectivity index (χ3n) is 5.91. The minimum absolute atomic E-state index is 0.0104. The van der Waals surface area contributed by atoms with Crippen molar-refractivity contribution in [1.82, 2.24) is 14.5 Å². The fourth-order valence-electron chi connectivity index (χ4n) is 3.97. The summed E-state index contributed by atoms with van der Waals surface area (Å²) in [5, 5.41) is 31.3. The number of amides is 1. The molecule has 1 saturated heterocycles. The Bertz CT molecular complexity index is 1250. The third-order valence-corrected chi connectivity index (χ3v) is 5.91. The molecule has 3 N–H and O–H groups in total. The van der Waals surface area contributed by atoms with Gasteiger partial charge in [-0.25, -0.2) is 4.79 Å². The van der Waals surface area contributed by atoms with Crippen LogP contribution in [-0.2, 0) is 16.0 Å². The highest BCUT2D eigenvalue weighted by Crippen LogP contribution is 2.27. The maximum Gasteiger partial charge on any atom is 0.333 e. The minimum Gasteiger partial charge on any atom is -0.394 e. The van der Waals surface area contributed by atoms with Crippen LogP contribution in [0.4, 0.5) is 5.69 Å². The number of hydrogen-bond acceptors (Lipinski definition) is 9. The van der Waals surface area contributed by atoms with Crippen LogP contribution >= 0.6 is 0 Å². The maximum atomic E-state index is 12.9. The first-order valence-electron chi connectivity index (χ1n) is 11.5. The van der Waals surface area contributed by atoms with Crippen LogP contribution < -0.4 is 21.5 Å². The number of aliphatic hydroxyl groups excluding tert-OH is 2. The lowest BCUT2D eigenvalue weighted by atomic mass is 10.1. The molecule has 1 amide bonds. The first kappa shape index (κ1) is 27.1. The van der Waals surface area contributed by atoms with Crippen LogP contribution in [0, 0.1) is 18.3 Å². The molecule has 0 saturated carbocycles. The Hall–Kier alpha value is -3.50. The Morgan fingerprint density at radius 3 is 2.72 bits per heavy atom. The topological polar surface area (TPSA) is 159 Å². The highest BCUT2D eigenvalue weighted by Gasteiger charge is 2.35. The van der Waals surface area contributed by atoms with Crippen molar-refractivity contribution >= 4 is 11.6 Å². The molecular formula is C24H31N5O7. The van der Waals surface area contributed by atoms with Crippen molar-refractivity contribution in [3.63, 3.8) is 0 Å². The van der Waals surface area contributed by atoms with E-state index in [1.807, 2.05) is 14.1 Å². The number of hydrogen-bond donors (Lipinski definition) is 3. The first-order valence-corrected chi connectivity index (χ1v) is 11.5. The normalized spacial score (nSPS) is 19.2. The van der Waals surface area contributed by atoms with Gasteiger partial charge < -0.3 is 29.9 Å². The number of rotatable bonds is 10. The molecule has 2 heterocycles. The van der Waals surface area contributed by atoms with E-state index in [1.165, 1.54) is 16.8 Å². The third kappa shape index (κ3) is 6.00. The minimum atomic E-state index is -0.913. The number of aryl methyl sites for hydroxylation is 1. The number of nitrogens with one attached hydrogen (secondary N) is 1. The number of nitriles is 1. The summed E-state index contributed by atoms with van der Waals surface area (Å²) >= 11 is 0. The lowest BCUT2D eigenvalue weighted by molar-refractivity contribution is -0.0464. The van der Waals surface area contributed by atoms with E-state index < -0.39 is 29.7 Å². The molecule has 0 unspecified atom stereocenters. The second-order valence-corrected chi connectivity index (χ2v) is 8.68. The largest absolute Gasteiger partial charge is 0.394 e. The smallest absolute Gasteiger partial charge is 0.333 e. The lowest BCUT2D eigenvalue weighted by Crippen LogP contribution is -2.43. The molecule has 0 radical (unpaired) electrons. The van der Waals surface area contributed by atoms with Crippen LogP contribution in [0.5, 0.6) is 0 Å². The molecule has 1 fully saturated rings. The summed E-state index contributed by atoms with van der Waals surface area (Å²) in [7, 11) is 3.62. The van der Waals surface area contributed by atoms with Crippen molar-refractivity contribution in [3.8, 4) is 6.07 Å². The monoisotopic (exact) mass is 501 g/mol. The van der Waals surface area contributed by atoms with Gasteiger partial charge in [-0.2, -0.15) is 5.26 Å². The summed E-state index contributed by atoms with van der Waals surface area (Å²) < 4.78 is 13.3. The molecule has 12 heteroatoms. The van der Waals surface area contributed by atoms with E-state index in [0.717, 1.165) is 4.57 Å². The van der Waals surface area contributed by atoms with Crippen molar-refractivity contribution < 1.29 is 24.5 Å². The van der Waals surface area contributed by atoms with Crippen LogP contribution in [0.1, 0.15) is 34.1 Å². The van der Waals surface area contributed by atoms with E-state index in [1.54, 1.807) is 24.0 Å². The molecule has 1 aliphatic heterocycles. The van der Waals surface area contributed by atoms with Crippen LogP contribution in [0.15, 0.2) is 34.0 Å². The highest BCUT2D eigenvalue weighted by atomic mass is 16.5. The van der Waals surface area contributed by atoms with Gasteiger partial charge in [0, 0.05) is 44.4 Å². The number of anilines is 1. The summed E-state index contributed by atoms with van der Waals surface area (Å²) in [6, 6.07) is 6.95. The van der Waals surface area contributed by atoms with Gasteiger partial charge in [0.15, 0.2) is 0 Å². The Morgan fingerprint density at radius 1 is 1.33 bits per heavy atom. The molecule has 2 aromatic rings. The Labute approximate surface area is 207 Å². The molecule has 0 bridgehead atoms. The molecule has 0 aliphatic carbocycles. The molecule has 194 valence electrons. The summed E-state index contributed by atoms with van der Waals surface area (Å²) in [5.74, 6) is -0.349. The zero-order valence-corrected chi connectivity index (χ0v) is 20.5. The van der Waals surface area contributed by atoms with Gasteiger partial charge >= 0.3 is 5.69 Å². The van der Waals surface area contributed by atoms with Crippen molar-refractivity contribution in [2.75, 3.05) is 45.4 Å². The number of nitrogens with zero attached hydrogens (tertiary/aromatic N) is 4. The number of carbonyl (C=O) groups excluding carboxylic acids is 1. The SMILES string of the molecule is Cc1cn([C@H]2C[C@H](O)[C@@H](CO)O2)c(=O)n(CCOCCNC(=O)c2ccc(N(C)C)c(C#N)c2)c1=O. The van der Waals surface area contributed by atoms with E-state index >= 15 is 0 Å². The van der Waals surface area contributed by atoms with E-state index in [2.05, 4.69) is 11.4 Å². The zero-order valence-electron chi connectivity index (χ0n) is 20.5. The van der Waals surface area contributed by atoms with Gasteiger partial charge in [0.1, 0.15) is 18.4 Å². The Morgan fingerprint density at radius 2 is 2.08 bits per heavy atom. The molecule has 1 aromatic carbocycles. The van der Waals surface area contributed by atoms with E-state index in [9.17, 15) is 29.9 Å². The van der Waals surface area contributed by atoms with E-state index in [4.69, 9.17) is 9.47 Å². The molecular weight excluding hydrogens is 470 g/mol. The number of carbonyl (C=O) groups is 1. The van der Waals surface area contributed by atoms with Crippen LogP contribution in [-0.4, -0.2) is 77.9 Å². The number of ether oxygens (including phenoxy) is 2. The van der Waals surface area contributed by atoms with Gasteiger partial charge in [-0.05, 0) is 25.1 Å². The predicted octanol–water partition coefficient (Wildman–Crippen LogP) is -0.657. The fourth-order valence-corrected chi connectivity index (χ4v) is 3.97. The van der Waals surface area contributed by atoms with Gasteiger partial charge in [0.05, 0.1) is 43.7 Å². The summed E-state index contributed by atoms with van der Waals surface area (Å²) in [6.07, 6.45) is -0.994. The van der Waals surface area contributed by atoms with Gasteiger partial charge in [0.25, 0.3) is 11.5 Å². The highest BCUT2D eigenvalue weighted by molar-refractivity contribution is 5.95. The van der Waals surface area contributed by atoms with Gasteiger partial charge in [-0.1, -0.05) is 0 Å². The average molecular weight is 502 g/mol. The van der Waals surface area contributed by atoms with Crippen LogP contribution in [0.25, 0.3) is 0 Å². The summed E-state index contributed by atoms with van der Waals surface area (Å²) in [6.45, 7) is 1.58. The number of benzene rings is 1. The maximum absolute atomic E-state index is 12.9. The predicted molar refractivity (Wildman–Crippen MR) is 130 cm³/mol. The lowest BCUT2D eigenvalue weighted by Gasteiger charge is -2.17. The molecule has 0 spiro atoms. The molecule has 3 rings (SSSR count). The van der Waals surface area contributed by atoms with Crippen molar-refractivity contribution in [2.24, 2.45) is 0 Å². The van der Waals surface area contributed by atoms with E-state index in [0.29, 0.717) is 22.4 Å². The zero-order chi connectivity index (χ0) is 26.4. The molecule has 1 aromatic heterocycles. The second kappa shape index (κ2) is 12.0. The average Bonchev–Trinajstić information content (AvgIpc) is 3.24. The quantitative estimate of drug-likeness (QED) is 0.359. The standard InChI is InChI=1S/C24H31N5O7/c1-15-13-29(21-11-19(31)20(14-30)36-21)24(34)28(23(15)33)7-9-35-8-6-26-22(32)16-4-5-18(27(2)3)17(10-16)12-25/h4-5,10,13,19-21,30-31H,6-9,11,14H2,1-3H3,(H,26,32)/t19-,20+,21+/m0/s1. The van der Waals surface area contributed by atoms with Crippen molar-refractivity contribution in [3.05, 3.63) is 61.9 Å². The van der Waals surface area contributed by atoms with E-state index in [-0.39, 0.29) is 45.2 Å². The number of aliphatic hydroxyl groups is 2. The molecule has 12 nitrogen and oxygen atoms in total. The number of aromatic nitrogens is 2. The van der Waals surface area contributed by atoms with Gasteiger partial charge in [0.2, 0.25) is 0 Å². The van der Waals surface area contributed by atoms with Crippen LogP contribution in [0.3, 0.4) is 0 Å². The molecule has 36 heavy (non-hydrogen) atoms. The van der Waals surface area contributed by atoms with Crippen molar-refractivity contribution in [2.45, 2.75) is 38.3 Å². The molecule has 3 atom stereocenters. The first-order chi connectivity index (χ1) is 17.2. The van der Waals surface area contributed by atoms with Crippen molar-refractivity contribution in [1.29, 1.82) is 5.26 Å². The second-order valence-electron chi connectivity index (χ2n) is 8.68. The molecule has 1 aliphatic rings. The van der Waals surface area contributed by atoms with Gasteiger partial charge in [-0.15, -0.1) is 0 Å². The Balaban J connectivity index is 1.53. The fraction of sp³-hybridized carbons (Fsp3) is 0.500. The summed E-state index contributed by atoms with van der Waals surface area (Å²) in [4.78, 5) is 39.6. The Kier molecular flexibility index (Phi) is 9.00. The summed E-state index contributed by atoms with van der Waals surface area (Å²) in [5.41, 5.74) is 0.720. The van der Waals surface area contributed by atoms with Gasteiger partial charge in [-0.3, -0.25) is 18.7 Å².